The lowest BCUT2D eigenvalue weighted by Crippen LogP contribution is -2.57. The smallest absolute Gasteiger partial charge is 0.133 e. The lowest BCUT2D eigenvalue weighted by Gasteiger charge is -2.48. The average molecular weight is 263 g/mol. The normalized spacial score (nSPS) is 21.5. The van der Waals surface area contributed by atoms with Crippen LogP contribution in [-0.4, -0.2) is 29.3 Å². The van der Waals surface area contributed by atoms with E-state index < -0.39 is 0 Å². The van der Waals surface area contributed by atoms with E-state index in [0.717, 1.165) is 24.5 Å². The van der Waals surface area contributed by atoms with Crippen molar-refractivity contribution in [1.29, 1.82) is 0 Å². The Hall–Kier alpha value is -1.13. The van der Waals surface area contributed by atoms with Gasteiger partial charge in [-0.2, -0.15) is 0 Å². The molecule has 0 atom stereocenters. The highest BCUT2D eigenvalue weighted by molar-refractivity contribution is 5.51. The van der Waals surface area contributed by atoms with Gasteiger partial charge in [0.2, 0.25) is 0 Å². The molecule has 0 aromatic carbocycles. The largest absolute Gasteiger partial charge is 0.366 e. The molecule has 19 heavy (non-hydrogen) atoms. The standard InChI is InChI=1S/C15H25N3O/c1-11-6-7-17-13(12(11)8-16)18-9-14(2,3)19-15(4,5)10-18/h6-7H,8-10,16H2,1-5H3. The van der Waals surface area contributed by atoms with Crippen molar-refractivity contribution in [2.75, 3.05) is 18.0 Å². The number of ether oxygens (including phenoxy) is 1. The third-order valence-electron chi connectivity index (χ3n) is 3.47. The molecule has 106 valence electrons. The van der Waals surface area contributed by atoms with Gasteiger partial charge >= 0.3 is 0 Å². The Morgan fingerprint density at radius 3 is 2.37 bits per heavy atom. The van der Waals surface area contributed by atoms with Crippen LogP contribution in [0.25, 0.3) is 0 Å². The first-order valence-electron chi connectivity index (χ1n) is 6.84. The van der Waals surface area contributed by atoms with E-state index in [-0.39, 0.29) is 11.2 Å². The van der Waals surface area contributed by atoms with Crippen LogP contribution >= 0.6 is 0 Å². The minimum atomic E-state index is -0.182. The average Bonchev–Trinajstić information content (AvgIpc) is 2.24. The van der Waals surface area contributed by atoms with Crippen molar-refractivity contribution in [3.05, 3.63) is 23.4 Å². The lowest BCUT2D eigenvalue weighted by atomic mass is 9.98. The molecular weight excluding hydrogens is 238 g/mol. The van der Waals surface area contributed by atoms with Gasteiger partial charge < -0.3 is 15.4 Å². The summed E-state index contributed by atoms with van der Waals surface area (Å²) in [6, 6.07) is 2.02. The minimum absolute atomic E-state index is 0.182. The molecule has 1 aliphatic rings. The Morgan fingerprint density at radius 2 is 1.84 bits per heavy atom. The third kappa shape index (κ3) is 3.07. The zero-order valence-electron chi connectivity index (χ0n) is 12.7. The monoisotopic (exact) mass is 263 g/mol. The summed E-state index contributed by atoms with van der Waals surface area (Å²) >= 11 is 0. The van der Waals surface area contributed by atoms with Crippen LogP contribution in [0.4, 0.5) is 5.82 Å². The number of morpholine rings is 1. The van der Waals surface area contributed by atoms with Crippen LogP contribution in [0.3, 0.4) is 0 Å². The van der Waals surface area contributed by atoms with Gasteiger partial charge in [-0.05, 0) is 46.2 Å². The molecule has 0 amide bonds. The molecule has 4 heteroatoms. The minimum Gasteiger partial charge on any atom is -0.366 e. The van der Waals surface area contributed by atoms with Gasteiger partial charge in [-0.1, -0.05) is 0 Å². The van der Waals surface area contributed by atoms with Crippen LogP contribution in [0, 0.1) is 6.92 Å². The van der Waals surface area contributed by atoms with E-state index in [1.54, 1.807) is 0 Å². The maximum Gasteiger partial charge on any atom is 0.133 e. The van der Waals surface area contributed by atoms with Crippen molar-refractivity contribution in [3.63, 3.8) is 0 Å². The van der Waals surface area contributed by atoms with E-state index in [2.05, 4.69) is 44.5 Å². The highest BCUT2D eigenvalue weighted by atomic mass is 16.5. The highest BCUT2D eigenvalue weighted by Gasteiger charge is 2.39. The number of anilines is 1. The number of aryl methyl sites for hydroxylation is 1. The van der Waals surface area contributed by atoms with Crippen molar-refractivity contribution >= 4 is 5.82 Å². The van der Waals surface area contributed by atoms with E-state index in [1.807, 2.05) is 12.3 Å². The molecule has 2 heterocycles. The summed E-state index contributed by atoms with van der Waals surface area (Å²) in [6.45, 7) is 12.8. The van der Waals surface area contributed by atoms with Crippen LogP contribution < -0.4 is 10.6 Å². The molecule has 4 nitrogen and oxygen atoms in total. The predicted molar refractivity (Wildman–Crippen MR) is 78.3 cm³/mol. The first-order valence-corrected chi connectivity index (χ1v) is 6.84. The second-order valence-corrected chi connectivity index (χ2v) is 6.61. The molecule has 0 bridgehead atoms. The number of nitrogens with zero attached hydrogens (tertiary/aromatic N) is 2. The Morgan fingerprint density at radius 1 is 1.26 bits per heavy atom. The molecule has 1 aromatic rings. The number of rotatable bonds is 2. The summed E-state index contributed by atoms with van der Waals surface area (Å²) in [4.78, 5) is 6.86. The highest BCUT2D eigenvalue weighted by Crippen LogP contribution is 2.32. The van der Waals surface area contributed by atoms with Crippen LogP contribution in [-0.2, 0) is 11.3 Å². The van der Waals surface area contributed by atoms with Gasteiger partial charge in [-0.25, -0.2) is 4.98 Å². The summed E-state index contributed by atoms with van der Waals surface area (Å²) in [6.07, 6.45) is 1.86. The van der Waals surface area contributed by atoms with Crippen molar-refractivity contribution in [2.45, 2.75) is 52.4 Å². The van der Waals surface area contributed by atoms with E-state index in [1.165, 1.54) is 5.56 Å². The number of nitrogens with two attached hydrogens (primary N) is 1. The second kappa shape index (κ2) is 4.76. The summed E-state index contributed by atoms with van der Waals surface area (Å²) in [5.41, 5.74) is 7.87. The number of pyridine rings is 1. The zero-order valence-corrected chi connectivity index (χ0v) is 12.7. The van der Waals surface area contributed by atoms with Crippen LogP contribution in [0.5, 0.6) is 0 Å². The van der Waals surface area contributed by atoms with E-state index in [4.69, 9.17) is 10.5 Å². The maximum absolute atomic E-state index is 6.12. The molecule has 2 N–H and O–H groups in total. The van der Waals surface area contributed by atoms with Crippen molar-refractivity contribution in [1.82, 2.24) is 4.98 Å². The second-order valence-electron chi connectivity index (χ2n) is 6.61. The molecule has 2 rings (SSSR count). The molecule has 1 saturated heterocycles. The topological polar surface area (TPSA) is 51.4 Å². The molecular formula is C15H25N3O. The SMILES string of the molecule is Cc1ccnc(N2CC(C)(C)OC(C)(C)C2)c1CN. The third-order valence-corrected chi connectivity index (χ3v) is 3.47. The summed E-state index contributed by atoms with van der Waals surface area (Å²) in [5, 5.41) is 0. The molecule has 0 aliphatic carbocycles. The van der Waals surface area contributed by atoms with Gasteiger partial charge in [0.15, 0.2) is 0 Å². The fourth-order valence-electron chi connectivity index (χ4n) is 3.04. The summed E-state index contributed by atoms with van der Waals surface area (Å²) < 4.78 is 6.12. The molecule has 0 spiro atoms. The van der Waals surface area contributed by atoms with Crippen LogP contribution in [0.2, 0.25) is 0 Å². The molecule has 0 saturated carbocycles. The van der Waals surface area contributed by atoms with Crippen molar-refractivity contribution in [3.8, 4) is 0 Å². The molecule has 1 fully saturated rings. The molecule has 0 radical (unpaired) electrons. The Balaban J connectivity index is 2.39. The first kappa shape index (κ1) is 14.3. The van der Waals surface area contributed by atoms with E-state index >= 15 is 0 Å². The van der Waals surface area contributed by atoms with E-state index in [0.29, 0.717) is 6.54 Å². The Bertz CT molecular complexity index is 452. The predicted octanol–water partition coefficient (Wildman–Crippen LogP) is 2.24. The molecule has 1 aromatic heterocycles. The van der Waals surface area contributed by atoms with Gasteiger partial charge in [0, 0.05) is 31.4 Å². The Kier molecular flexibility index (Phi) is 3.58. The van der Waals surface area contributed by atoms with Crippen molar-refractivity contribution < 1.29 is 4.74 Å². The molecule has 0 unspecified atom stereocenters. The van der Waals surface area contributed by atoms with Gasteiger partial charge in [0.1, 0.15) is 5.82 Å². The van der Waals surface area contributed by atoms with E-state index in [9.17, 15) is 0 Å². The number of hydrogen-bond acceptors (Lipinski definition) is 4. The van der Waals surface area contributed by atoms with Crippen molar-refractivity contribution in [2.24, 2.45) is 5.73 Å². The lowest BCUT2D eigenvalue weighted by molar-refractivity contribution is -0.133. The number of aromatic nitrogens is 1. The van der Waals surface area contributed by atoms with Gasteiger partial charge in [0.25, 0.3) is 0 Å². The first-order chi connectivity index (χ1) is 8.74. The van der Waals surface area contributed by atoms with Gasteiger partial charge in [-0.15, -0.1) is 0 Å². The quantitative estimate of drug-likeness (QED) is 0.889. The maximum atomic E-state index is 6.12. The zero-order chi connectivity index (χ0) is 14.3. The summed E-state index contributed by atoms with van der Waals surface area (Å²) in [5.74, 6) is 1.01. The van der Waals surface area contributed by atoms with Crippen LogP contribution in [0.15, 0.2) is 12.3 Å². The fourth-order valence-corrected chi connectivity index (χ4v) is 3.04. The van der Waals surface area contributed by atoms with Gasteiger partial charge in [0.05, 0.1) is 11.2 Å². The number of hydrogen-bond donors (Lipinski definition) is 1. The summed E-state index contributed by atoms with van der Waals surface area (Å²) in [7, 11) is 0. The molecule has 1 aliphatic heterocycles. The van der Waals surface area contributed by atoms with Crippen LogP contribution in [0.1, 0.15) is 38.8 Å². The van der Waals surface area contributed by atoms with Gasteiger partial charge in [-0.3, -0.25) is 0 Å². The Labute approximate surface area is 116 Å². The fraction of sp³-hybridized carbons (Fsp3) is 0.667.